The quantitative estimate of drug-likeness (QED) is 0.756. The van der Waals surface area contributed by atoms with Gasteiger partial charge in [-0.25, -0.2) is 0 Å². The molecule has 1 aromatic heterocycles. The minimum absolute atomic E-state index is 0.0705. The number of aromatic nitrogens is 3. The Hall–Kier alpha value is -1.86. The second kappa shape index (κ2) is 8.12. The van der Waals surface area contributed by atoms with Crippen molar-refractivity contribution in [2.24, 2.45) is 0 Å². The average molecular weight is 334 g/mol. The van der Waals surface area contributed by atoms with E-state index in [1.807, 2.05) is 42.7 Å². The lowest BCUT2D eigenvalue weighted by Gasteiger charge is -2.11. The van der Waals surface area contributed by atoms with Crippen LogP contribution in [0, 0.1) is 6.92 Å². The summed E-state index contributed by atoms with van der Waals surface area (Å²) < 4.78 is 2.01. The molecule has 124 valence electrons. The molecule has 1 unspecified atom stereocenters. The number of carbonyl (C=O) groups excluding carboxylic acids is 1. The second-order valence-corrected chi connectivity index (χ2v) is 6.25. The van der Waals surface area contributed by atoms with Crippen LogP contribution in [0.1, 0.15) is 19.4 Å². The highest BCUT2D eigenvalue weighted by molar-refractivity contribution is 7.99. The number of carbonyl (C=O) groups is 1. The molecule has 6 nitrogen and oxygen atoms in total. The highest BCUT2D eigenvalue weighted by atomic mass is 32.2. The number of rotatable bonds is 7. The van der Waals surface area contributed by atoms with Crippen molar-refractivity contribution < 1.29 is 9.90 Å². The van der Waals surface area contributed by atoms with Gasteiger partial charge in [-0.1, -0.05) is 36.0 Å². The molecule has 0 saturated carbocycles. The van der Waals surface area contributed by atoms with Crippen LogP contribution in [0.25, 0.3) is 11.4 Å². The molecule has 2 rings (SSSR count). The SMILES string of the molecule is CCn1c(SCC(=O)NC(C)CO)nnc1-c1ccccc1C. The Bertz CT molecular complexity index is 672. The van der Waals surface area contributed by atoms with Gasteiger partial charge in [0.1, 0.15) is 0 Å². The summed E-state index contributed by atoms with van der Waals surface area (Å²) in [6.07, 6.45) is 0. The van der Waals surface area contributed by atoms with E-state index in [9.17, 15) is 4.79 Å². The normalized spacial score (nSPS) is 12.2. The average Bonchev–Trinajstić information content (AvgIpc) is 2.95. The number of nitrogens with zero attached hydrogens (tertiary/aromatic N) is 3. The van der Waals surface area contributed by atoms with Crippen LogP contribution in [-0.2, 0) is 11.3 Å². The third kappa shape index (κ3) is 4.33. The number of aryl methyl sites for hydroxylation is 1. The molecule has 0 aliphatic heterocycles. The third-order valence-electron chi connectivity index (χ3n) is 3.43. The van der Waals surface area contributed by atoms with Gasteiger partial charge in [-0.05, 0) is 26.3 Å². The minimum atomic E-state index is -0.241. The number of hydrogen-bond acceptors (Lipinski definition) is 5. The van der Waals surface area contributed by atoms with E-state index < -0.39 is 0 Å². The predicted molar refractivity (Wildman–Crippen MR) is 91.3 cm³/mol. The predicted octanol–water partition coefficient (Wildman–Crippen LogP) is 1.86. The number of hydrogen-bond donors (Lipinski definition) is 2. The van der Waals surface area contributed by atoms with Crippen LogP contribution in [0.4, 0.5) is 0 Å². The third-order valence-corrected chi connectivity index (χ3v) is 4.40. The minimum Gasteiger partial charge on any atom is -0.394 e. The fourth-order valence-electron chi connectivity index (χ4n) is 2.20. The highest BCUT2D eigenvalue weighted by Gasteiger charge is 2.16. The first-order chi connectivity index (χ1) is 11.1. The molecular weight excluding hydrogens is 312 g/mol. The van der Waals surface area contributed by atoms with Gasteiger partial charge in [0, 0.05) is 18.2 Å². The molecule has 2 N–H and O–H groups in total. The molecule has 0 fully saturated rings. The van der Waals surface area contributed by atoms with Gasteiger partial charge in [0.15, 0.2) is 11.0 Å². The summed E-state index contributed by atoms with van der Waals surface area (Å²) in [6, 6.07) is 7.80. The summed E-state index contributed by atoms with van der Waals surface area (Å²) in [5.41, 5.74) is 2.19. The van der Waals surface area contributed by atoms with E-state index in [1.54, 1.807) is 6.92 Å². The van der Waals surface area contributed by atoms with Crippen LogP contribution in [0.15, 0.2) is 29.4 Å². The van der Waals surface area contributed by atoms with E-state index >= 15 is 0 Å². The zero-order valence-corrected chi connectivity index (χ0v) is 14.4. The monoisotopic (exact) mass is 334 g/mol. The van der Waals surface area contributed by atoms with Crippen molar-refractivity contribution in [1.29, 1.82) is 0 Å². The Morgan fingerprint density at radius 1 is 1.39 bits per heavy atom. The number of aliphatic hydroxyl groups excluding tert-OH is 1. The van der Waals surface area contributed by atoms with Crippen LogP contribution in [0.3, 0.4) is 0 Å². The molecule has 1 atom stereocenters. The maximum absolute atomic E-state index is 11.8. The molecular formula is C16H22N4O2S. The summed E-state index contributed by atoms with van der Waals surface area (Å²) in [5.74, 6) is 0.938. The zero-order chi connectivity index (χ0) is 16.8. The van der Waals surface area contributed by atoms with E-state index in [0.29, 0.717) is 0 Å². The van der Waals surface area contributed by atoms with E-state index in [-0.39, 0.29) is 24.3 Å². The number of amides is 1. The van der Waals surface area contributed by atoms with Crippen LogP contribution < -0.4 is 5.32 Å². The van der Waals surface area contributed by atoms with Gasteiger partial charge in [-0.15, -0.1) is 10.2 Å². The van der Waals surface area contributed by atoms with E-state index in [2.05, 4.69) is 15.5 Å². The van der Waals surface area contributed by atoms with Gasteiger partial charge >= 0.3 is 0 Å². The van der Waals surface area contributed by atoms with Gasteiger partial charge in [-0.2, -0.15) is 0 Å². The zero-order valence-electron chi connectivity index (χ0n) is 13.6. The summed E-state index contributed by atoms with van der Waals surface area (Å²) >= 11 is 1.35. The van der Waals surface area contributed by atoms with Crippen LogP contribution >= 0.6 is 11.8 Å². The number of benzene rings is 1. The van der Waals surface area contributed by atoms with Gasteiger partial charge in [0.05, 0.1) is 12.4 Å². The molecule has 7 heteroatoms. The lowest BCUT2D eigenvalue weighted by molar-refractivity contribution is -0.119. The summed E-state index contributed by atoms with van der Waals surface area (Å²) in [7, 11) is 0. The van der Waals surface area contributed by atoms with Gasteiger partial charge in [0.25, 0.3) is 0 Å². The lowest BCUT2D eigenvalue weighted by Crippen LogP contribution is -2.36. The van der Waals surface area contributed by atoms with Crippen molar-refractivity contribution in [2.45, 2.75) is 38.5 Å². The van der Waals surface area contributed by atoms with Gasteiger partial charge < -0.3 is 15.0 Å². The lowest BCUT2D eigenvalue weighted by atomic mass is 10.1. The van der Waals surface area contributed by atoms with E-state index in [4.69, 9.17) is 5.11 Å². The highest BCUT2D eigenvalue weighted by Crippen LogP contribution is 2.26. The molecule has 1 amide bonds. The number of nitrogens with one attached hydrogen (secondary N) is 1. The first-order valence-corrected chi connectivity index (χ1v) is 8.57. The summed E-state index contributed by atoms with van der Waals surface area (Å²) in [5, 5.41) is 20.9. The first-order valence-electron chi connectivity index (χ1n) is 7.59. The maximum Gasteiger partial charge on any atom is 0.230 e. The van der Waals surface area contributed by atoms with Crippen molar-refractivity contribution in [3.05, 3.63) is 29.8 Å². The van der Waals surface area contributed by atoms with Crippen LogP contribution in [0.5, 0.6) is 0 Å². The molecule has 0 aliphatic carbocycles. The summed E-state index contributed by atoms with van der Waals surface area (Å²) in [4.78, 5) is 11.8. The molecule has 1 heterocycles. The largest absolute Gasteiger partial charge is 0.394 e. The Labute approximate surface area is 140 Å². The molecule has 0 radical (unpaired) electrons. The molecule has 1 aromatic carbocycles. The topological polar surface area (TPSA) is 80.0 Å². The molecule has 0 bridgehead atoms. The summed E-state index contributed by atoms with van der Waals surface area (Å²) in [6.45, 7) is 6.49. The molecule has 0 aliphatic rings. The second-order valence-electron chi connectivity index (χ2n) is 5.31. The van der Waals surface area contributed by atoms with Gasteiger partial charge in [-0.3, -0.25) is 4.79 Å². The van der Waals surface area contributed by atoms with Crippen molar-refractivity contribution in [3.63, 3.8) is 0 Å². The van der Waals surface area contributed by atoms with Crippen molar-refractivity contribution in [1.82, 2.24) is 20.1 Å². The Balaban J connectivity index is 2.13. The van der Waals surface area contributed by atoms with Crippen molar-refractivity contribution >= 4 is 17.7 Å². The Kier molecular flexibility index (Phi) is 6.18. The van der Waals surface area contributed by atoms with Crippen LogP contribution in [-0.4, -0.2) is 44.2 Å². The molecule has 0 spiro atoms. The number of aliphatic hydroxyl groups is 1. The maximum atomic E-state index is 11.8. The van der Waals surface area contributed by atoms with Gasteiger partial charge in [0.2, 0.25) is 5.91 Å². The first kappa shape index (κ1) is 17.5. The molecule has 0 saturated heterocycles. The smallest absolute Gasteiger partial charge is 0.230 e. The number of thioether (sulfide) groups is 1. The van der Waals surface area contributed by atoms with Crippen LogP contribution in [0.2, 0.25) is 0 Å². The van der Waals surface area contributed by atoms with E-state index in [1.165, 1.54) is 11.8 Å². The molecule has 23 heavy (non-hydrogen) atoms. The molecule has 2 aromatic rings. The fourth-order valence-corrected chi connectivity index (χ4v) is 3.01. The Morgan fingerprint density at radius 2 is 2.13 bits per heavy atom. The van der Waals surface area contributed by atoms with Crippen molar-refractivity contribution in [3.8, 4) is 11.4 Å². The van der Waals surface area contributed by atoms with E-state index in [0.717, 1.165) is 28.7 Å². The fraction of sp³-hybridized carbons (Fsp3) is 0.438. The van der Waals surface area contributed by atoms with Crippen molar-refractivity contribution in [2.75, 3.05) is 12.4 Å². The standard InChI is InChI=1S/C16H22N4O2S/c1-4-20-15(13-8-6-5-7-11(13)2)18-19-16(20)23-10-14(22)17-12(3)9-21/h5-8,12,21H,4,9-10H2,1-3H3,(H,17,22). The Morgan fingerprint density at radius 3 is 2.78 bits per heavy atom.